The van der Waals surface area contributed by atoms with E-state index >= 15 is 0 Å². The number of azide groups is 1. The van der Waals surface area contributed by atoms with Gasteiger partial charge in [0.05, 0.1) is 90.3 Å². The number of esters is 2. The minimum Gasteiger partial charge on any atom is -0.463 e. The van der Waals surface area contributed by atoms with E-state index in [0.29, 0.717) is 70.4 Å². The average molecular weight is 2910 g/mol. The van der Waals surface area contributed by atoms with Crippen LogP contribution in [0.3, 0.4) is 0 Å². The molecule has 37 heteroatoms. The number of hydrogen-bond donors (Lipinski definition) is 10. The molecule has 33 nitrogen and oxygen atoms in total. The molecule has 0 saturated carbocycles. The summed E-state index contributed by atoms with van der Waals surface area (Å²) in [6.07, 6.45) is 4.09. The summed E-state index contributed by atoms with van der Waals surface area (Å²) in [7, 11) is 12.7. The summed E-state index contributed by atoms with van der Waals surface area (Å²) in [6.45, 7) is 36.7. The van der Waals surface area contributed by atoms with E-state index in [2.05, 4.69) is 80.4 Å². The molecule has 0 aliphatic carbocycles. The first-order chi connectivity index (χ1) is 62.6. The van der Waals surface area contributed by atoms with E-state index in [0.717, 1.165) is 115 Å². The number of carbonyl (C=O) groups is 2. The fourth-order valence-corrected chi connectivity index (χ4v) is 18.2. The smallest absolute Gasteiger partial charge is 0.311 e. The van der Waals surface area contributed by atoms with Crippen LogP contribution in [0.2, 0.25) is 0 Å². The summed E-state index contributed by atoms with van der Waals surface area (Å²) < 4.78 is 66.4. The maximum Gasteiger partial charge on any atom is 0.311 e. The van der Waals surface area contributed by atoms with Gasteiger partial charge >= 0.3 is 11.9 Å². The number of carbonyl (C=O) groups excluding carboxylic acids is 2. The second-order valence-electron chi connectivity index (χ2n) is 38.1. The maximum absolute atomic E-state index is 13.8. The van der Waals surface area contributed by atoms with Crippen LogP contribution in [0.5, 0.6) is 0 Å². The van der Waals surface area contributed by atoms with Gasteiger partial charge in [-0.3, -0.25) is 14.3 Å². The SMILES string of the molecule is CC.CCCCN(C)[C@H]1C[C@@H](C)O[C@H](O[C@@H]2[C@@H](C)[C@H](OC3C[C@@](C)(CC)[C@@H](O)[C@H](C)O3)[C@@H](C)C(=O)OC[C@@H](O)[C@H](O)[C@@H](C)N(C)CCC[C@@H]2OC)[C@@H]1O.CC[C@H]1OC(=O)[C@H](C)C[C@H](C)C[C@@H](OC)CCCN(C)[C@H](C)[C@@H](O)[C@@H]1O.CO[C@]1(C)C[C@H](O)O[C@@H](C)[C@@H]1O.C[C@@H]1C[C@H](N(C)CCc2cn(CCCCc3cc[c-]cc3)nn2)[C@@H](O)[C@@H](O)O1.[N-]=[N+]=NCCCCc1cc[c-]cc1.[No].[No].[No].[No]. The van der Waals surface area contributed by atoms with Gasteiger partial charge < -0.3 is 123 Å². The first kappa shape index (κ1) is 127. The van der Waals surface area contributed by atoms with Crippen molar-refractivity contribution in [3.05, 3.63) is 94.1 Å². The summed E-state index contributed by atoms with van der Waals surface area (Å²) >= 11 is 0. The Morgan fingerprint density at radius 2 is 1.18 bits per heavy atom. The fraction of sp³-hybridized carbons (Fsp3) is 0.838. The third-order valence-corrected chi connectivity index (χ3v) is 27.6. The third-order valence-electron chi connectivity index (χ3n) is 27.6. The Balaban J connectivity index is 0.00000182. The van der Waals surface area contributed by atoms with Gasteiger partial charge in [0.2, 0.25) is 0 Å². The van der Waals surface area contributed by atoms with E-state index in [9.17, 15) is 60.7 Å². The van der Waals surface area contributed by atoms with Crippen molar-refractivity contribution in [1.82, 2.24) is 34.6 Å². The number of methoxy groups -OCH3 is 3. The molecule has 3 aromatic rings. The standard InChI is InChI=1S/C38H72N2O11.C21H31N4O3.C20H39NO5.C10H12N3.C8H16O4.C2H6.4No/c1-12-14-17-40(10)27-19-22(3)48-37(32(27)43)51-34-23(4)33(50-30-20-38(8,13-2)35(44)26(7)49-30)24(5)36(45)47-21-28(41)31(42)25(6)39(9)18-15-16-29(34)46-11;1-16-14-19(20(26)21(27)28-16)24(2)13-11-18-15-25(23-22-18)12-7-6-10-17-8-4-3-5-9-17;1-7-17-19(23)18(22)15(4)21(5)10-8-9-16(25-6)12-13(2)11-14(3)20(24)26-17;11-13-12-9-5-4-8-10-6-2-1-3-7-10;1-5-7(10)8(2,11-3)4-6(9)12-5;1-2;;;;/h22-35,37,41-44H,12-21H2,1-11H3;4-5,8-9,15-16,19-21,26-27H,6-7,10-14H2,1-2H3;13-19,22-23H,7-12H2,1-6H3;2-3,6-7H,4-5,8-9H2;5-7,9-10H,4H2,1-3H3;1-2H3;;;;/q;-1;;-1;;;;;;/t22-,23+,24-,25-,26+,27+,28-,29+,30?,31-,32-,33+,34-,35+,37-,38-;16-,19+,20-,21+;13-,14+,15+,16-,17+,18+,19+;;5-,6+,7-,8+;;;;;/m110.0...../s1. The molecule has 1 aromatic heterocycles. The number of aliphatic hydroxyl groups is 10. The van der Waals surface area contributed by atoms with Gasteiger partial charge in [0, 0.05) is 107 Å². The summed E-state index contributed by atoms with van der Waals surface area (Å²) in [4.78, 5) is 37.2. The van der Waals surface area contributed by atoms with Gasteiger partial charge in [0.1, 0.15) is 43.2 Å². The number of likely N-dealkylation sites (N-methyl/N-ethyl adjacent to an activating group) is 4. The van der Waals surface area contributed by atoms with Crippen LogP contribution in [0.15, 0.2) is 59.8 Å². The van der Waals surface area contributed by atoms with Crippen molar-refractivity contribution >= 4 is 11.9 Å². The Labute approximate surface area is 790 Å². The Hall–Kier alpha value is -9.09. The molecule has 6 fully saturated rings. The van der Waals surface area contributed by atoms with Crippen molar-refractivity contribution in [2.45, 2.75) is 418 Å². The van der Waals surface area contributed by atoms with E-state index in [-0.39, 0.29) is 54.9 Å². The van der Waals surface area contributed by atoms with Gasteiger partial charge in [0.25, 0.3) is 0 Å². The number of aryl methyl sites for hydroxylation is 3. The van der Waals surface area contributed by atoms with Crippen molar-refractivity contribution in [3.8, 4) is 0 Å². The number of rotatable bonds is 27. The van der Waals surface area contributed by atoms with Gasteiger partial charge in [-0.1, -0.05) is 98.3 Å². The van der Waals surface area contributed by atoms with Gasteiger partial charge in [-0.25, -0.2) is 0 Å². The number of aliphatic hydroxyl groups excluding tert-OH is 10. The summed E-state index contributed by atoms with van der Waals surface area (Å²) in [6, 6.07) is 21.2. The number of ether oxygens (including phenoxy) is 11. The van der Waals surface area contributed by atoms with Crippen molar-refractivity contribution < 1.29 is 113 Å². The molecule has 0 radical (unpaired) electrons. The molecular formula is C99H176N10No4O23-2. The van der Waals surface area contributed by atoms with Crippen LogP contribution in [0.1, 0.15) is 250 Å². The van der Waals surface area contributed by atoms with Gasteiger partial charge in [0.15, 0.2) is 25.2 Å². The zero-order valence-corrected chi connectivity index (χ0v) is 94.5. The van der Waals surface area contributed by atoms with Crippen LogP contribution in [0.25, 0.3) is 10.4 Å². The average Bonchev–Trinajstić information content (AvgIpc) is 0.947. The zero-order chi connectivity index (χ0) is 98.7. The second-order valence-corrected chi connectivity index (χ2v) is 38.1. The van der Waals surface area contributed by atoms with E-state index in [4.69, 9.17) is 57.6 Å². The molecule has 6 aliphatic rings. The van der Waals surface area contributed by atoms with Gasteiger partial charge in [-0.15, -0.1) is 5.10 Å². The topological polar surface area (TPSA) is 430 Å². The summed E-state index contributed by atoms with van der Waals surface area (Å²) in [5.41, 5.74) is 10.5. The molecule has 818 valence electrons. The minimum absolute atomic E-state index is 0. The van der Waals surface area contributed by atoms with Crippen LogP contribution < -0.4 is 0 Å². The number of cyclic esters (lactones) is 2. The molecule has 2 aromatic carbocycles. The van der Waals surface area contributed by atoms with Crippen molar-refractivity contribution in [2.24, 2.45) is 34.2 Å². The maximum atomic E-state index is 13.8. The molecule has 0 amide bonds. The summed E-state index contributed by atoms with van der Waals surface area (Å²) in [5, 5.41) is 116. The fourth-order valence-electron chi connectivity index (χ4n) is 18.2. The molecular weight excluding hydrogens is 2730 g/mol. The molecule has 31 atom stereocenters. The quantitative estimate of drug-likeness (QED) is 0.00846. The Bertz CT molecular complexity index is 3620. The van der Waals surface area contributed by atoms with Crippen LogP contribution in [-0.4, -0.2) is 345 Å². The molecule has 0 spiro atoms. The van der Waals surface area contributed by atoms with E-state index in [1.807, 2.05) is 156 Å². The van der Waals surface area contributed by atoms with Crippen LogP contribution in [-0.2, 0) is 87.5 Å². The van der Waals surface area contributed by atoms with Crippen molar-refractivity contribution in [2.75, 3.05) is 88.9 Å². The van der Waals surface area contributed by atoms with Crippen LogP contribution >= 0.6 is 0 Å². The first-order valence-corrected chi connectivity index (χ1v) is 49.0. The van der Waals surface area contributed by atoms with Gasteiger partial charge in [-0.05, 0) is 205 Å². The second kappa shape index (κ2) is 65.0. The molecule has 6 saturated heterocycles. The third kappa shape index (κ3) is 40.4. The van der Waals surface area contributed by atoms with Crippen LogP contribution in [0.4, 0.5) is 0 Å². The Kier molecular flexibility index (Phi) is 60.6. The van der Waals surface area contributed by atoms with Crippen molar-refractivity contribution in [1.29, 1.82) is 0 Å². The van der Waals surface area contributed by atoms with Crippen molar-refractivity contribution in [3.63, 3.8) is 0 Å². The minimum atomic E-state index is -1.28. The summed E-state index contributed by atoms with van der Waals surface area (Å²) in [5.74, 6) is -2.19. The van der Waals surface area contributed by atoms with E-state index < -0.39 is 145 Å². The predicted octanol–water partition coefficient (Wildman–Crippen LogP) is 10.6. The molecule has 7 heterocycles. The Morgan fingerprint density at radius 3 is 1.74 bits per heavy atom. The first-order valence-electron chi connectivity index (χ1n) is 49.0. The number of hydrogen-bond acceptors (Lipinski definition) is 30. The molecule has 9 rings (SSSR count). The molecule has 136 heavy (non-hydrogen) atoms. The van der Waals surface area contributed by atoms with E-state index in [1.165, 1.54) is 18.2 Å². The normalized spacial score (nSPS) is 34.8. The number of benzene rings is 2. The monoisotopic (exact) mass is 2910 g/mol. The molecule has 1 unspecified atom stereocenters. The molecule has 0 bridgehead atoms. The number of unbranched alkanes of at least 4 members (excludes halogenated alkanes) is 3. The molecule has 6 aliphatic heterocycles. The number of aromatic nitrogens is 3. The largest absolute Gasteiger partial charge is 0.463 e. The Morgan fingerprint density at radius 1 is 0.618 bits per heavy atom. The van der Waals surface area contributed by atoms with Crippen LogP contribution in [0, 0.1) is 41.2 Å². The zero-order valence-electron chi connectivity index (χ0n) is 85.6. The van der Waals surface area contributed by atoms with Gasteiger partial charge in [-0.2, -0.15) is 71.8 Å². The molecule has 10 N–H and O–H groups in total. The number of nitrogens with zero attached hydrogens (tertiary/aromatic N) is 10. The van der Waals surface area contributed by atoms with E-state index in [1.54, 1.807) is 35.0 Å². The predicted molar refractivity (Wildman–Crippen MR) is 506 cm³/mol.